The molecule has 2 N–H and O–H groups in total. The highest BCUT2D eigenvalue weighted by molar-refractivity contribution is 7.14. The third-order valence-corrected chi connectivity index (χ3v) is 3.51. The number of nitrogens with zero attached hydrogens (tertiary/aromatic N) is 1. The Bertz CT molecular complexity index is 712. The molecule has 7 nitrogen and oxygen atoms in total. The van der Waals surface area contributed by atoms with Gasteiger partial charge in [-0.15, -0.1) is 11.3 Å². The van der Waals surface area contributed by atoms with Crippen LogP contribution < -0.4 is 14.8 Å². The molecule has 0 fully saturated rings. The largest absolute Gasteiger partial charge is 0.486 e. The molecule has 1 aromatic heterocycles. The summed E-state index contributed by atoms with van der Waals surface area (Å²) < 4.78 is 10.9. The molecule has 3 rings (SSSR count). The normalized spacial score (nSPS) is 12.8. The number of hydrogen-bond acceptors (Lipinski definition) is 6. The maximum absolute atomic E-state index is 11.1. The minimum absolute atomic E-state index is 0.229. The number of carbonyl (C=O) groups excluding carboxylic acids is 1. The first-order valence-corrected chi connectivity index (χ1v) is 6.91. The highest BCUT2D eigenvalue weighted by Gasteiger charge is 2.16. The summed E-state index contributed by atoms with van der Waals surface area (Å²) in [6.07, 6.45) is 0. The van der Waals surface area contributed by atoms with Crippen LogP contribution in [-0.2, 0) is 9.59 Å². The van der Waals surface area contributed by atoms with Crippen LogP contribution in [0.5, 0.6) is 11.5 Å². The number of hydrogen-bond donors (Lipinski definition) is 2. The molecule has 0 saturated heterocycles. The zero-order chi connectivity index (χ0) is 14.8. The number of nitrogens with one attached hydrogen (secondary N) is 1. The zero-order valence-electron chi connectivity index (χ0n) is 10.7. The first-order chi connectivity index (χ1) is 10.1. The first kappa shape index (κ1) is 13.4. The van der Waals surface area contributed by atoms with E-state index in [4.69, 9.17) is 14.6 Å². The lowest BCUT2D eigenvalue weighted by Gasteiger charge is -2.18. The number of ether oxygens (including phenoxy) is 2. The van der Waals surface area contributed by atoms with Gasteiger partial charge < -0.3 is 14.6 Å². The summed E-state index contributed by atoms with van der Waals surface area (Å²) in [6.45, 7) is 1.02. The maximum atomic E-state index is 11.1. The van der Waals surface area contributed by atoms with Gasteiger partial charge in [-0.2, -0.15) is 0 Å². The number of benzene rings is 1. The molecule has 1 amide bonds. The molecule has 0 aliphatic carbocycles. The summed E-state index contributed by atoms with van der Waals surface area (Å²) in [6, 6.07) is 5.41. The summed E-state index contributed by atoms with van der Waals surface area (Å²) in [7, 11) is 0. The second-order valence-corrected chi connectivity index (χ2v) is 5.01. The van der Waals surface area contributed by atoms with Crippen molar-refractivity contribution in [3.05, 3.63) is 23.6 Å². The molecule has 0 unspecified atom stereocenters. The smallest absolute Gasteiger partial charge is 0.394 e. The van der Waals surface area contributed by atoms with Crippen molar-refractivity contribution in [1.82, 2.24) is 4.98 Å². The average Bonchev–Trinajstić information content (AvgIpc) is 2.95. The second kappa shape index (κ2) is 5.41. The van der Waals surface area contributed by atoms with E-state index in [0.29, 0.717) is 30.4 Å². The Labute approximate surface area is 123 Å². The summed E-state index contributed by atoms with van der Waals surface area (Å²) in [4.78, 5) is 25.7. The maximum Gasteiger partial charge on any atom is 0.394 e. The summed E-state index contributed by atoms with van der Waals surface area (Å²) in [5.41, 5.74) is 1.42. The molecule has 1 aliphatic heterocycles. The van der Waals surface area contributed by atoms with Gasteiger partial charge in [0.1, 0.15) is 13.2 Å². The summed E-state index contributed by atoms with van der Waals surface area (Å²) >= 11 is 1.15. The Balaban J connectivity index is 1.83. The van der Waals surface area contributed by atoms with Crippen LogP contribution in [0.15, 0.2) is 23.6 Å². The Kier molecular flexibility index (Phi) is 3.44. The molecular formula is C13H10N2O5S. The van der Waals surface area contributed by atoms with Crippen molar-refractivity contribution in [2.24, 2.45) is 0 Å². The predicted molar refractivity (Wildman–Crippen MR) is 74.8 cm³/mol. The zero-order valence-corrected chi connectivity index (χ0v) is 11.5. The molecule has 0 bridgehead atoms. The lowest BCUT2D eigenvalue weighted by molar-refractivity contribution is -0.147. The minimum Gasteiger partial charge on any atom is -0.486 e. The molecule has 1 aliphatic rings. The van der Waals surface area contributed by atoms with Gasteiger partial charge in [-0.05, 0) is 18.2 Å². The standard InChI is InChI=1S/C13H10N2O5S/c16-11(12(17)18)15-13-14-8(6-21-13)7-1-2-9-10(5-7)20-4-3-19-9/h1-2,5-6H,3-4H2,(H,17,18)(H,14,15,16). The topological polar surface area (TPSA) is 97.8 Å². The van der Waals surface area contributed by atoms with E-state index in [2.05, 4.69) is 10.3 Å². The fourth-order valence-electron chi connectivity index (χ4n) is 1.82. The van der Waals surface area contributed by atoms with E-state index < -0.39 is 11.9 Å². The number of thiazole rings is 1. The van der Waals surface area contributed by atoms with E-state index in [-0.39, 0.29) is 5.13 Å². The lowest BCUT2D eigenvalue weighted by atomic mass is 10.1. The van der Waals surface area contributed by atoms with Crippen LogP contribution in [0.2, 0.25) is 0 Å². The van der Waals surface area contributed by atoms with Crippen molar-refractivity contribution >= 4 is 28.3 Å². The van der Waals surface area contributed by atoms with Crippen LogP contribution in [0.25, 0.3) is 11.3 Å². The van der Waals surface area contributed by atoms with Gasteiger partial charge >= 0.3 is 11.9 Å². The van der Waals surface area contributed by atoms with Crippen LogP contribution >= 0.6 is 11.3 Å². The Hall–Kier alpha value is -2.61. The Morgan fingerprint density at radius 3 is 2.76 bits per heavy atom. The molecule has 108 valence electrons. The fourth-order valence-corrected chi connectivity index (χ4v) is 2.53. The monoisotopic (exact) mass is 306 g/mol. The Morgan fingerprint density at radius 1 is 1.24 bits per heavy atom. The van der Waals surface area contributed by atoms with Crippen molar-refractivity contribution in [2.75, 3.05) is 18.5 Å². The number of aromatic nitrogens is 1. The molecule has 2 aromatic rings. The number of aliphatic carboxylic acids is 1. The van der Waals surface area contributed by atoms with Crippen LogP contribution in [0, 0.1) is 0 Å². The molecule has 1 aromatic carbocycles. The SMILES string of the molecule is O=C(O)C(=O)Nc1nc(-c2ccc3c(c2)OCCO3)cs1. The number of amides is 1. The van der Waals surface area contributed by atoms with Gasteiger partial charge in [0.25, 0.3) is 0 Å². The van der Waals surface area contributed by atoms with Crippen molar-refractivity contribution < 1.29 is 24.2 Å². The number of anilines is 1. The second-order valence-electron chi connectivity index (χ2n) is 4.16. The van der Waals surface area contributed by atoms with Gasteiger partial charge in [-0.1, -0.05) is 0 Å². The number of fused-ring (bicyclic) bond motifs is 1. The van der Waals surface area contributed by atoms with Crippen molar-refractivity contribution in [3.8, 4) is 22.8 Å². The van der Waals surface area contributed by atoms with E-state index in [1.54, 1.807) is 17.5 Å². The predicted octanol–water partition coefficient (Wildman–Crippen LogP) is 1.60. The van der Waals surface area contributed by atoms with Crippen LogP contribution in [0.1, 0.15) is 0 Å². The minimum atomic E-state index is -1.55. The molecular weight excluding hydrogens is 296 g/mol. The first-order valence-electron chi connectivity index (χ1n) is 6.03. The number of carbonyl (C=O) groups is 2. The lowest BCUT2D eigenvalue weighted by Crippen LogP contribution is -2.21. The highest BCUT2D eigenvalue weighted by Crippen LogP contribution is 2.35. The Morgan fingerprint density at radius 2 is 2.00 bits per heavy atom. The van der Waals surface area contributed by atoms with Gasteiger partial charge in [-0.25, -0.2) is 9.78 Å². The van der Waals surface area contributed by atoms with Gasteiger partial charge in [-0.3, -0.25) is 10.1 Å². The molecule has 21 heavy (non-hydrogen) atoms. The fraction of sp³-hybridized carbons (Fsp3) is 0.154. The van der Waals surface area contributed by atoms with Crippen molar-refractivity contribution in [1.29, 1.82) is 0 Å². The van der Waals surface area contributed by atoms with Crippen LogP contribution in [0.4, 0.5) is 5.13 Å². The van der Waals surface area contributed by atoms with Gasteiger partial charge in [0.15, 0.2) is 16.6 Å². The van der Waals surface area contributed by atoms with Crippen molar-refractivity contribution in [3.63, 3.8) is 0 Å². The third-order valence-electron chi connectivity index (χ3n) is 2.76. The number of carboxylic acids is 1. The quantitative estimate of drug-likeness (QED) is 0.818. The van der Waals surface area contributed by atoms with E-state index in [9.17, 15) is 9.59 Å². The number of rotatable bonds is 2. The van der Waals surface area contributed by atoms with E-state index in [1.807, 2.05) is 6.07 Å². The third kappa shape index (κ3) is 2.79. The van der Waals surface area contributed by atoms with Crippen LogP contribution in [-0.4, -0.2) is 35.2 Å². The van der Waals surface area contributed by atoms with Gasteiger partial charge in [0, 0.05) is 10.9 Å². The molecule has 0 atom stereocenters. The van der Waals surface area contributed by atoms with Crippen LogP contribution in [0.3, 0.4) is 0 Å². The highest BCUT2D eigenvalue weighted by atomic mass is 32.1. The molecule has 0 radical (unpaired) electrons. The molecule has 2 heterocycles. The molecule has 8 heteroatoms. The molecule has 0 spiro atoms. The molecule has 0 saturated carbocycles. The van der Waals surface area contributed by atoms with E-state index in [1.165, 1.54) is 0 Å². The van der Waals surface area contributed by atoms with E-state index in [0.717, 1.165) is 16.9 Å². The van der Waals surface area contributed by atoms with Gasteiger partial charge in [0.2, 0.25) is 0 Å². The van der Waals surface area contributed by atoms with E-state index >= 15 is 0 Å². The average molecular weight is 306 g/mol. The summed E-state index contributed by atoms with van der Waals surface area (Å²) in [5.74, 6) is -1.34. The van der Waals surface area contributed by atoms with Crippen molar-refractivity contribution in [2.45, 2.75) is 0 Å². The number of carboxylic acid groups (broad SMARTS) is 1. The summed E-state index contributed by atoms with van der Waals surface area (Å²) in [5, 5.41) is 12.7. The van der Waals surface area contributed by atoms with Gasteiger partial charge in [0.05, 0.1) is 5.69 Å².